The number of fused-ring (bicyclic) bond motifs is 1. The van der Waals surface area contributed by atoms with Crippen molar-refractivity contribution < 1.29 is 4.21 Å². The van der Waals surface area contributed by atoms with E-state index < -0.39 is 10.8 Å². The van der Waals surface area contributed by atoms with Crippen LogP contribution < -0.4 is 5.32 Å². The van der Waals surface area contributed by atoms with Crippen molar-refractivity contribution in [2.24, 2.45) is 0 Å². The number of rotatable bonds is 5. The van der Waals surface area contributed by atoms with Crippen molar-refractivity contribution in [1.29, 1.82) is 0 Å². The summed E-state index contributed by atoms with van der Waals surface area (Å²) in [7, 11) is -0.771. The summed E-state index contributed by atoms with van der Waals surface area (Å²) in [6, 6.07) is 0. The molecule has 0 amide bonds. The first-order valence-electron chi connectivity index (χ1n) is 5.95. The highest BCUT2D eigenvalue weighted by Gasteiger charge is 2.12. The predicted molar refractivity (Wildman–Crippen MR) is 77.8 cm³/mol. The molecular formula is C12H19N3OS2. The first-order chi connectivity index (χ1) is 8.50. The zero-order valence-corrected chi connectivity index (χ0v) is 12.8. The Labute approximate surface area is 114 Å². The smallest absolute Gasteiger partial charge is 0.194 e. The molecule has 18 heavy (non-hydrogen) atoms. The third-order valence-corrected chi connectivity index (χ3v) is 5.36. The van der Waals surface area contributed by atoms with E-state index in [1.54, 1.807) is 17.6 Å². The largest absolute Gasteiger partial charge is 0.310 e. The molecule has 2 rings (SSSR count). The van der Waals surface area contributed by atoms with E-state index in [0.29, 0.717) is 0 Å². The highest BCUT2D eigenvalue weighted by Crippen LogP contribution is 2.20. The van der Waals surface area contributed by atoms with Crippen LogP contribution in [0.5, 0.6) is 0 Å². The van der Waals surface area contributed by atoms with Gasteiger partial charge in [-0.1, -0.05) is 0 Å². The van der Waals surface area contributed by atoms with Gasteiger partial charge in [0.2, 0.25) is 0 Å². The number of aromatic nitrogens is 2. The second kappa shape index (κ2) is 5.50. The van der Waals surface area contributed by atoms with Gasteiger partial charge in [0, 0.05) is 46.5 Å². The molecule has 0 fully saturated rings. The van der Waals surface area contributed by atoms with E-state index in [0.717, 1.165) is 23.7 Å². The average Bonchev–Trinajstić information content (AvgIpc) is 2.80. The molecule has 2 unspecified atom stereocenters. The Kier molecular flexibility index (Phi) is 4.19. The minimum atomic E-state index is -0.771. The molecule has 0 saturated carbocycles. The maximum absolute atomic E-state index is 11.3. The van der Waals surface area contributed by atoms with Crippen LogP contribution >= 0.6 is 11.3 Å². The molecule has 0 bridgehead atoms. The van der Waals surface area contributed by atoms with Crippen LogP contribution in [-0.2, 0) is 17.3 Å². The predicted octanol–water partition coefficient (Wildman–Crippen LogP) is 1.87. The summed E-state index contributed by atoms with van der Waals surface area (Å²) in [5, 5.41) is 5.67. The number of aryl methyl sites for hydroxylation is 2. The first kappa shape index (κ1) is 13.7. The van der Waals surface area contributed by atoms with Crippen molar-refractivity contribution >= 4 is 27.1 Å². The van der Waals surface area contributed by atoms with Gasteiger partial charge in [0.05, 0.1) is 11.4 Å². The lowest BCUT2D eigenvalue weighted by Crippen LogP contribution is -2.27. The Balaban J connectivity index is 2.09. The van der Waals surface area contributed by atoms with Gasteiger partial charge in [-0.2, -0.15) is 0 Å². The van der Waals surface area contributed by atoms with Gasteiger partial charge in [-0.15, -0.1) is 11.3 Å². The van der Waals surface area contributed by atoms with Crippen LogP contribution in [0.15, 0.2) is 5.38 Å². The Hall–Kier alpha value is -0.720. The summed E-state index contributed by atoms with van der Waals surface area (Å²) < 4.78 is 13.5. The molecule has 0 aliphatic rings. The summed E-state index contributed by atoms with van der Waals surface area (Å²) in [5.41, 5.74) is 3.50. The molecule has 2 aromatic heterocycles. The normalized spacial score (nSPS) is 15.1. The number of thiazole rings is 1. The highest BCUT2D eigenvalue weighted by molar-refractivity contribution is 7.84. The molecule has 2 aromatic rings. The maximum atomic E-state index is 11.3. The monoisotopic (exact) mass is 285 g/mol. The van der Waals surface area contributed by atoms with Crippen LogP contribution in [0.3, 0.4) is 0 Å². The lowest BCUT2D eigenvalue weighted by atomic mass is 10.3. The molecule has 0 spiro atoms. The van der Waals surface area contributed by atoms with Gasteiger partial charge in [-0.25, -0.2) is 4.98 Å². The fourth-order valence-electron chi connectivity index (χ4n) is 1.89. The molecule has 6 heteroatoms. The van der Waals surface area contributed by atoms with Crippen molar-refractivity contribution in [3.63, 3.8) is 0 Å². The number of nitrogens with zero attached hydrogens (tertiary/aromatic N) is 2. The Bertz CT molecular complexity index is 573. The van der Waals surface area contributed by atoms with Crippen LogP contribution in [0, 0.1) is 13.8 Å². The van der Waals surface area contributed by atoms with Gasteiger partial charge in [-0.05, 0) is 20.8 Å². The third-order valence-electron chi connectivity index (χ3n) is 3.12. The van der Waals surface area contributed by atoms with E-state index in [1.165, 1.54) is 11.4 Å². The van der Waals surface area contributed by atoms with Crippen LogP contribution in [0.1, 0.15) is 24.0 Å². The average molecular weight is 285 g/mol. The molecule has 0 aliphatic heterocycles. The van der Waals surface area contributed by atoms with E-state index in [-0.39, 0.29) is 5.25 Å². The Morgan fingerprint density at radius 3 is 2.94 bits per heavy atom. The topological polar surface area (TPSA) is 46.4 Å². The van der Waals surface area contributed by atoms with Crippen LogP contribution in [0.25, 0.3) is 4.96 Å². The number of imidazole rings is 1. The summed E-state index contributed by atoms with van der Waals surface area (Å²) in [4.78, 5) is 5.60. The number of hydrogen-bond acceptors (Lipinski definition) is 4. The summed E-state index contributed by atoms with van der Waals surface area (Å²) >= 11 is 1.67. The minimum absolute atomic E-state index is 0.178. The molecule has 4 nitrogen and oxygen atoms in total. The van der Waals surface area contributed by atoms with Crippen molar-refractivity contribution in [1.82, 2.24) is 14.7 Å². The van der Waals surface area contributed by atoms with Crippen molar-refractivity contribution in [3.05, 3.63) is 22.5 Å². The Morgan fingerprint density at radius 2 is 2.28 bits per heavy atom. The van der Waals surface area contributed by atoms with Crippen molar-refractivity contribution in [2.75, 3.05) is 12.8 Å². The molecule has 100 valence electrons. The molecule has 0 saturated heterocycles. The van der Waals surface area contributed by atoms with Gasteiger partial charge in [0.1, 0.15) is 0 Å². The van der Waals surface area contributed by atoms with Crippen LogP contribution in [0.4, 0.5) is 0 Å². The summed E-state index contributed by atoms with van der Waals surface area (Å²) in [5.74, 6) is 0. The third kappa shape index (κ3) is 2.65. The lowest BCUT2D eigenvalue weighted by Gasteiger charge is -2.10. The SMILES string of the molecule is Cc1nc2scc(C)n2c1CNCC(C)S(C)=O. The van der Waals surface area contributed by atoms with E-state index in [2.05, 4.69) is 27.0 Å². The van der Waals surface area contributed by atoms with Crippen molar-refractivity contribution in [2.45, 2.75) is 32.6 Å². The van der Waals surface area contributed by atoms with Gasteiger partial charge >= 0.3 is 0 Å². The molecule has 2 atom stereocenters. The maximum Gasteiger partial charge on any atom is 0.194 e. The molecule has 2 heterocycles. The zero-order valence-electron chi connectivity index (χ0n) is 11.2. The quantitative estimate of drug-likeness (QED) is 0.912. The van der Waals surface area contributed by atoms with E-state index in [1.807, 2.05) is 13.8 Å². The standard InChI is InChI=1S/C12H19N3OS2/c1-8-7-17-12-14-10(3)11(15(8)12)6-13-5-9(2)18(4)16/h7,9,13H,5-6H2,1-4H3. The molecule has 0 aliphatic carbocycles. The van der Waals surface area contributed by atoms with Gasteiger partial charge in [0.15, 0.2) is 4.96 Å². The second-order valence-electron chi connectivity index (χ2n) is 4.58. The first-order valence-corrected chi connectivity index (χ1v) is 8.45. The van der Waals surface area contributed by atoms with Crippen LogP contribution in [0.2, 0.25) is 0 Å². The lowest BCUT2D eigenvalue weighted by molar-refractivity contribution is 0.638. The molecular weight excluding hydrogens is 266 g/mol. The van der Waals surface area contributed by atoms with Gasteiger partial charge in [-0.3, -0.25) is 8.61 Å². The second-order valence-corrected chi connectivity index (χ2v) is 7.22. The van der Waals surface area contributed by atoms with Crippen LogP contribution in [-0.4, -0.2) is 31.6 Å². The fourth-order valence-corrected chi connectivity index (χ4v) is 3.17. The zero-order chi connectivity index (χ0) is 13.3. The van der Waals surface area contributed by atoms with Gasteiger partial charge in [0.25, 0.3) is 0 Å². The molecule has 0 radical (unpaired) electrons. The minimum Gasteiger partial charge on any atom is -0.310 e. The summed E-state index contributed by atoms with van der Waals surface area (Å²) in [6.45, 7) is 7.66. The Morgan fingerprint density at radius 1 is 1.56 bits per heavy atom. The van der Waals surface area contributed by atoms with E-state index in [9.17, 15) is 4.21 Å². The summed E-state index contributed by atoms with van der Waals surface area (Å²) in [6.07, 6.45) is 1.75. The molecule has 0 aromatic carbocycles. The molecule has 1 N–H and O–H groups in total. The number of nitrogens with one attached hydrogen (secondary N) is 1. The van der Waals surface area contributed by atoms with E-state index >= 15 is 0 Å². The van der Waals surface area contributed by atoms with Gasteiger partial charge < -0.3 is 5.32 Å². The highest BCUT2D eigenvalue weighted by atomic mass is 32.2. The number of hydrogen-bond donors (Lipinski definition) is 1. The fraction of sp³-hybridized carbons (Fsp3) is 0.583. The van der Waals surface area contributed by atoms with E-state index in [4.69, 9.17) is 0 Å². The van der Waals surface area contributed by atoms with Crippen molar-refractivity contribution in [3.8, 4) is 0 Å².